The van der Waals surface area contributed by atoms with Crippen LogP contribution in [-0.4, -0.2) is 52.0 Å². The minimum atomic E-state index is -0.168. The predicted molar refractivity (Wildman–Crippen MR) is 137 cm³/mol. The summed E-state index contributed by atoms with van der Waals surface area (Å²) in [6, 6.07) is 23.8. The summed E-state index contributed by atoms with van der Waals surface area (Å²) >= 11 is 0. The SMILES string of the molecule is CN(C)C(=O)c1nn(Cc2ccccc2)c2c1CN(C(=O)CC(c1ccccc1)c1ccco1)CC2. The standard InChI is InChI=1S/C29H30N4O3/c1-31(2)29(35)28-24-20-32(16-15-25(24)33(30-28)19-21-10-5-3-6-11-21)27(34)18-23(26-14-9-17-36-26)22-12-7-4-8-13-22/h3-14,17,23H,15-16,18-20H2,1-2H3. The number of furan rings is 1. The summed E-state index contributed by atoms with van der Waals surface area (Å²) in [6.07, 6.45) is 2.59. The third-order valence-corrected chi connectivity index (χ3v) is 6.74. The minimum Gasteiger partial charge on any atom is -0.469 e. The number of aromatic nitrogens is 2. The molecular formula is C29H30N4O3. The van der Waals surface area contributed by atoms with Crippen LogP contribution >= 0.6 is 0 Å². The van der Waals surface area contributed by atoms with Crippen LogP contribution in [0, 0.1) is 0 Å². The first kappa shape index (κ1) is 23.6. The van der Waals surface area contributed by atoms with Crippen LogP contribution in [0.1, 0.15) is 51.0 Å². The number of fused-ring (bicyclic) bond motifs is 1. The Morgan fingerprint density at radius 1 is 1.00 bits per heavy atom. The van der Waals surface area contributed by atoms with Gasteiger partial charge < -0.3 is 14.2 Å². The molecule has 0 saturated carbocycles. The Balaban J connectivity index is 1.41. The van der Waals surface area contributed by atoms with Crippen LogP contribution in [0.2, 0.25) is 0 Å². The average molecular weight is 483 g/mol. The topological polar surface area (TPSA) is 71.6 Å². The van der Waals surface area contributed by atoms with Crippen LogP contribution in [-0.2, 0) is 24.3 Å². The molecule has 36 heavy (non-hydrogen) atoms. The summed E-state index contributed by atoms with van der Waals surface area (Å²) in [4.78, 5) is 30.0. The summed E-state index contributed by atoms with van der Waals surface area (Å²) in [6.45, 7) is 1.55. The fraction of sp³-hybridized carbons (Fsp3) is 0.276. The second-order valence-corrected chi connectivity index (χ2v) is 9.36. The van der Waals surface area contributed by atoms with Crippen molar-refractivity contribution in [2.24, 2.45) is 0 Å². The van der Waals surface area contributed by atoms with E-state index in [4.69, 9.17) is 9.52 Å². The van der Waals surface area contributed by atoms with Crippen molar-refractivity contribution in [2.75, 3.05) is 20.6 Å². The minimum absolute atomic E-state index is 0.0324. The van der Waals surface area contributed by atoms with Gasteiger partial charge in [0.15, 0.2) is 5.69 Å². The van der Waals surface area contributed by atoms with Crippen molar-refractivity contribution in [1.29, 1.82) is 0 Å². The van der Waals surface area contributed by atoms with Gasteiger partial charge in [-0.05, 0) is 23.3 Å². The number of amides is 2. The number of nitrogens with zero attached hydrogens (tertiary/aromatic N) is 4. The van der Waals surface area contributed by atoms with E-state index >= 15 is 0 Å². The third kappa shape index (κ3) is 4.82. The molecule has 0 N–H and O–H groups in total. The molecule has 1 aliphatic heterocycles. The monoisotopic (exact) mass is 482 g/mol. The van der Waals surface area contributed by atoms with Gasteiger partial charge in [0, 0.05) is 51.3 Å². The average Bonchev–Trinajstić information content (AvgIpc) is 3.56. The number of hydrogen-bond acceptors (Lipinski definition) is 4. The number of hydrogen-bond donors (Lipinski definition) is 0. The third-order valence-electron chi connectivity index (χ3n) is 6.74. The summed E-state index contributed by atoms with van der Waals surface area (Å²) in [5, 5.41) is 4.72. The number of rotatable bonds is 7. The lowest BCUT2D eigenvalue weighted by Gasteiger charge is -2.29. The molecule has 4 aromatic rings. The highest BCUT2D eigenvalue weighted by Gasteiger charge is 2.32. The van der Waals surface area contributed by atoms with Gasteiger partial charge in [-0.3, -0.25) is 14.3 Å². The van der Waals surface area contributed by atoms with Crippen LogP contribution in [0.4, 0.5) is 0 Å². The molecule has 3 heterocycles. The lowest BCUT2D eigenvalue weighted by molar-refractivity contribution is -0.132. The fourth-order valence-electron chi connectivity index (χ4n) is 4.84. The molecule has 7 nitrogen and oxygen atoms in total. The highest BCUT2D eigenvalue weighted by molar-refractivity contribution is 5.94. The fourth-order valence-corrected chi connectivity index (χ4v) is 4.84. The Kier molecular flexibility index (Phi) is 6.71. The van der Waals surface area contributed by atoms with Gasteiger partial charge in [0.2, 0.25) is 5.91 Å². The van der Waals surface area contributed by atoms with Crippen molar-refractivity contribution in [3.8, 4) is 0 Å². The summed E-state index contributed by atoms with van der Waals surface area (Å²) in [5.74, 6) is 0.486. The Labute approximate surface area is 210 Å². The quantitative estimate of drug-likeness (QED) is 0.393. The lowest BCUT2D eigenvalue weighted by Crippen LogP contribution is -2.38. The molecule has 7 heteroatoms. The van der Waals surface area contributed by atoms with E-state index in [2.05, 4.69) is 12.1 Å². The maximum Gasteiger partial charge on any atom is 0.274 e. The van der Waals surface area contributed by atoms with Crippen molar-refractivity contribution in [3.05, 3.63) is 113 Å². The summed E-state index contributed by atoms with van der Waals surface area (Å²) in [7, 11) is 3.45. The van der Waals surface area contributed by atoms with Crippen molar-refractivity contribution < 1.29 is 14.0 Å². The first-order chi connectivity index (χ1) is 17.5. The summed E-state index contributed by atoms with van der Waals surface area (Å²) < 4.78 is 7.63. The first-order valence-electron chi connectivity index (χ1n) is 12.2. The van der Waals surface area contributed by atoms with Gasteiger partial charge in [0.25, 0.3) is 5.91 Å². The van der Waals surface area contributed by atoms with E-state index in [1.807, 2.05) is 70.2 Å². The lowest BCUT2D eigenvalue weighted by atomic mass is 9.92. The molecule has 1 aliphatic rings. The Morgan fingerprint density at radius 3 is 2.39 bits per heavy atom. The highest BCUT2D eigenvalue weighted by Crippen LogP contribution is 2.31. The molecule has 5 rings (SSSR count). The molecule has 0 bridgehead atoms. The van der Waals surface area contributed by atoms with Gasteiger partial charge in [0.05, 0.1) is 18.7 Å². The Hall–Kier alpha value is -4.13. The summed E-state index contributed by atoms with van der Waals surface area (Å²) in [5.41, 5.74) is 4.46. The number of benzene rings is 2. The van der Waals surface area contributed by atoms with Crippen LogP contribution < -0.4 is 0 Å². The van der Waals surface area contributed by atoms with Crippen LogP contribution in [0.5, 0.6) is 0 Å². The zero-order valence-corrected chi connectivity index (χ0v) is 20.6. The van der Waals surface area contributed by atoms with Crippen LogP contribution in [0.15, 0.2) is 83.5 Å². The molecule has 2 amide bonds. The van der Waals surface area contributed by atoms with Gasteiger partial charge in [-0.2, -0.15) is 5.10 Å². The van der Waals surface area contributed by atoms with E-state index in [0.29, 0.717) is 38.2 Å². The molecule has 2 aromatic carbocycles. The van der Waals surface area contributed by atoms with Gasteiger partial charge in [0.1, 0.15) is 5.76 Å². The predicted octanol–water partition coefficient (Wildman–Crippen LogP) is 4.33. The van der Waals surface area contributed by atoms with E-state index in [9.17, 15) is 9.59 Å². The smallest absolute Gasteiger partial charge is 0.274 e. The second-order valence-electron chi connectivity index (χ2n) is 9.36. The zero-order valence-electron chi connectivity index (χ0n) is 20.6. The Morgan fingerprint density at radius 2 is 1.72 bits per heavy atom. The molecule has 0 saturated heterocycles. The van der Waals surface area contributed by atoms with Gasteiger partial charge >= 0.3 is 0 Å². The maximum atomic E-state index is 13.6. The van der Waals surface area contributed by atoms with E-state index in [-0.39, 0.29) is 17.7 Å². The molecule has 1 atom stereocenters. The molecule has 2 aromatic heterocycles. The second kappa shape index (κ2) is 10.2. The van der Waals surface area contributed by atoms with Gasteiger partial charge in [-0.1, -0.05) is 60.7 Å². The van der Waals surface area contributed by atoms with Crippen molar-refractivity contribution in [1.82, 2.24) is 19.6 Å². The largest absolute Gasteiger partial charge is 0.469 e. The number of carbonyl (C=O) groups is 2. The molecule has 0 aliphatic carbocycles. The van der Waals surface area contributed by atoms with E-state index in [0.717, 1.165) is 28.1 Å². The molecule has 0 fully saturated rings. The van der Waals surface area contributed by atoms with E-state index in [1.54, 1.807) is 25.3 Å². The van der Waals surface area contributed by atoms with E-state index < -0.39 is 0 Å². The van der Waals surface area contributed by atoms with Crippen LogP contribution in [0.25, 0.3) is 0 Å². The molecule has 0 spiro atoms. The van der Waals surface area contributed by atoms with Crippen LogP contribution in [0.3, 0.4) is 0 Å². The zero-order chi connectivity index (χ0) is 25.1. The molecule has 1 unspecified atom stereocenters. The maximum absolute atomic E-state index is 13.6. The molecule has 184 valence electrons. The van der Waals surface area contributed by atoms with Crippen molar-refractivity contribution >= 4 is 11.8 Å². The van der Waals surface area contributed by atoms with E-state index in [1.165, 1.54) is 0 Å². The van der Waals surface area contributed by atoms with Gasteiger partial charge in [-0.15, -0.1) is 0 Å². The van der Waals surface area contributed by atoms with Gasteiger partial charge in [-0.25, -0.2) is 0 Å². The first-order valence-corrected chi connectivity index (χ1v) is 12.2. The normalized spacial score (nSPS) is 13.8. The Bertz CT molecular complexity index is 1330. The van der Waals surface area contributed by atoms with Crippen molar-refractivity contribution in [2.45, 2.75) is 31.8 Å². The van der Waals surface area contributed by atoms with Crippen molar-refractivity contribution in [3.63, 3.8) is 0 Å². The molecule has 0 radical (unpaired) electrons. The number of carbonyl (C=O) groups excluding carboxylic acids is 2. The molecular weight excluding hydrogens is 452 g/mol. The highest BCUT2D eigenvalue weighted by atomic mass is 16.3.